The molecule has 1 aromatic heterocycles. The molecule has 2 aromatic carbocycles. The number of para-hydroxylation sites is 2. The van der Waals surface area contributed by atoms with Gasteiger partial charge >= 0.3 is 5.97 Å². The Labute approximate surface area is 172 Å². The number of esters is 1. The quantitative estimate of drug-likeness (QED) is 0.569. The topological polar surface area (TPSA) is 84.5 Å². The van der Waals surface area contributed by atoms with Crippen LogP contribution in [0.4, 0.5) is 11.4 Å². The third-order valence-corrected chi connectivity index (χ3v) is 4.90. The van der Waals surface area contributed by atoms with E-state index in [4.69, 9.17) is 4.74 Å². The van der Waals surface area contributed by atoms with E-state index >= 15 is 0 Å². The van der Waals surface area contributed by atoms with Gasteiger partial charge in [0.1, 0.15) is 0 Å². The number of rotatable bonds is 7. The number of thiophene rings is 1. The molecule has 0 spiro atoms. The highest BCUT2D eigenvalue weighted by molar-refractivity contribution is 7.10. The molecule has 0 saturated heterocycles. The minimum atomic E-state index is -0.432. The Hall–Kier alpha value is -3.45. The first-order chi connectivity index (χ1) is 14.1. The Balaban J connectivity index is 1.67. The Morgan fingerprint density at radius 2 is 1.52 bits per heavy atom. The SMILES string of the molecule is CCOC(=O)c1ccc(C(=O)Nc2ccccc2NC(=O)Cc2cccs2)cc1. The Morgan fingerprint density at radius 1 is 0.862 bits per heavy atom. The van der Waals surface area contributed by atoms with Gasteiger partial charge in [-0.25, -0.2) is 4.79 Å². The van der Waals surface area contributed by atoms with Crippen molar-refractivity contribution in [3.63, 3.8) is 0 Å². The van der Waals surface area contributed by atoms with E-state index in [1.807, 2.05) is 17.5 Å². The molecule has 2 N–H and O–H groups in total. The molecule has 0 saturated carbocycles. The van der Waals surface area contributed by atoms with E-state index in [2.05, 4.69) is 10.6 Å². The summed E-state index contributed by atoms with van der Waals surface area (Å²) >= 11 is 1.52. The lowest BCUT2D eigenvalue weighted by Crippen LogP contribution is -2.17. The molecular weight excluding hydrogens is 388 g/mol. The zero-order valence-electron chi connectivity index (χ0n) is 15.8. The lowest BCUT2D eigenvalue weighted by atomic mass is 10.1. The average Bonchev–Trinajstić information content (AvgIpc) is 3.22. The number of carbonyl (C=O) groups excluding carboxylic acids is 3. The number of carbonyl (C=O) groups is 3. The van der Waals surface area contributed by atoms with E-state index in [-0.39, 0.29) is 24.8 Å². The highest BCUT2D eigenvalue weighted by atomic mass is 32.1. The van der Waals surface area contributed by atoms with E-state index in [1.165, 1.54) is 11.3 Å². The molecule has 3 aromatic rings. The maximum absolute atomic E-state index is 12.6. The molecule has 0 aliphatic heterocycles. The van der Waals surface area contributed by atoms with Gasteiger partial charge in [-0.15, -0.1) is 11.3 Å². The first-order valence-corrected chi connectivity index (χ1v) is 9.94. The second-order valence-corrected chi connectivity index (χ2v) is 7.13. The van der Waals surface area contributed by atoms with Gasteiger partial charge < -0.3 is 15.4 Å². The second-order valence-electron chi connectivity index (χ2n) is 6.10. The van der Waals surface area contributed by atoms with Crippen LogP contribution < -0.4 is 10.6 Å². The van der Waals surface area contributed by atoms with Crippen LogP contribution in [0.2, 0.25) is 0 Å². The molecule has 0 fully saturated rings. The lowest BCUT2D eigenvalue weighted by molar-refractivity contribution is -0.115. The van der Waals surface area contributed by atoms with Gasteiger partial charge in [-0.3, -0.25) is 9.59 Å². The molecule has 0 radical (unpaired) electrons. The van der Waals surface area contributed by atoms with Gasteiger partial charge in [-0.05, 0) is 54.8 Å². The van der Waals surface area contributed by atoms with Crippen molar-refractivity contribution in [2.45, 2.75) is 13.3 Å². The van der Waals surface area contributed by atoms with Crippen LogP contribution in [0.15, 0.2) is 66.0 Å². The summed E-state index contributed by atoms with van der Waals surface area (Å²) in [4.78, 5) is 37.5. The third kappa shape index (κ3) is 5.52. The summed E-state index contributed by atoms with van der Waals surface area (Å²) in [5, 5.41) is 7.55. The molecule has 0 aliphatic rings. The number of nitrogens with one attached hydrogen (secondary N) is 2. The monoisotopic (exact) mass is 408 g/mol. The third-order valence-electron chi connectivity index (χ3n) is 4.02. The zero-order valence-corrected chi connectivity index (χ0v) is 16.6. The van der Waals surface area contributed by atoms with Crippen LogP contribution in [0.5, 0.6) is 0 Å². The van der Waals surface area contributed by atoms with Gasteiger partial charge in [0.2, 0.25) is 5.91 Å². The fourth-order valence-electron chi connectivity index (χ4n) is 2.63. The minimum absolute atomic E-state index is 0.159. The molecule has 3 rings (SSSR count). The summed E-state index contributed by atoms with van der Waals surface area (Å²) in [7, 11) is 0. The predicted octanol–water partition coefficient (Wildman–Crippen LogP) is 4.36. The fraction of sp³-hybridized carbons (Fsp3) is 0.136. The molecule has 0 aliphatic carbocycles. The van der Waals surface area contributed by atoms with Crippen LogP contribution in [0.25, 0.3) is 0 Å². The maximum Gasteiger partial charge on any atom is 0.338 e. The highest BCUT2D eigenvalue weighted by Crippen LogP contribution is 2.22. The molecule has 2 amide bonds. The highest BCUT2D eigenvalue weighted by Gasteiger charge is 2.13. The van der Waals surface area contributed by atoms with E-state index in [1.54, 1.807) is 55.5 Å². The summed E-state index contributed by atoms with van der Waals surface area (Å²) in [5.74, 6) is -0.938. The molecule has 148 valence electrons. The molecule has 0 bridgehead atoms. The molecule has 0 unspecified atom stereocenters. The van der Waals surface area contributed by atoms with Gasteiger partial charge in [0.15, 0.2) is 0 Å². The van der Waals surface area contributed by atoms with Gasteiger partial charge in [-0.2, -0.15) is 0 Å². The summed E-state index contributed by atoms with van der Waals surface area (Å²) < 4.78 is 4.94. The molecule has 29 heavy (non-hydrogen) atoms. The summed E-state index contributed by atoms with van der Waals surface area (Å²) in [6, 6.07) is 17.0. The van der Waals surface area contributed by atoms with Crippen LogP contribution in [0.1, 0.15) is 32.5 Å². The Bertz CT molecular complexity index is 998. The van der Waals surface area contributed by atoms with Crippen molar-refractivity contribution < 1.29 is 19.1 Å². The van der Waals surface area contributed by atoms with Crippen molar-refractivity contribution in [3.05, 3.63) is 82.0 Å². The van der Waals surface area contributed by atoms with Crippen molar-refractivity contribution in [1.29, 1.82) is 0 Å². The number of ether oxygens (including phenoxy) is 1. The van der Waals surface area contributed by atoms with E-state index in [0.29, 0.717) is 22.5 Å². The summed E-state index contributed by atoms with van der Waals surface area (Å²) in [6.07, 6.45) is 0.273. The van der Waals surface area contributed by atoms with Crippen molar-refractivity contribution >= 4 is 40.5 Å². The lowest BCUT2D eigenvalue weighted by Gasteiger charge is -2.12. The van der Waals surface area contributed by atoms with Crippen LogP contribution in [-0.2, 0) is 16.0 Å². The van der Waals surface area contributed by atoms with E-state index < -0.39 is 5.97 Å². The van der Waals surface area contributed by atoms with Gasteiger partial charge in [0.25, 0.3) is 5.91 Å². The largest absolute Gasteiger partial charge is 0.462 e. The molecule has 1 heterocycles. The molecule has 7 heteroatoms. The van der Waals surface area contributed by atoms with Gasteiger partial charge in [0, 0.05) is 10.4 Å². The molecule has 6 nitrogen and oxygen atoms in total. The minimum Gasteiger partial charge on any atom is -0.462 e. The standard InChI is InChI=1S/C22H20N2O4S/c1-2-28-22(27)16-11-9-15(10-12-16)21(26)24-19-8-4-3-7-18(19)23-20(25)14-17-6-5-13-29-17/h3-13H,2,14H2,1H3,(H,23,25)(H,24,26). The average molecular weight is 408 g/mol. The number of anilines is 2. The van der Waals surface area contributed by atoms with E-state index in [0.717, 1.165) is 4.88 Å². The summed E-state index contributed by atoms with van der Waals surface area (Å²) in [6.45, 7) is 2.02. The number of hydrogen-bond acceptors (Lipinski definition) is 5. The second kappa shape index (κ2) is 9.66. The molecular formula is C22H20N2O4S. The van der Waals surface area contributed by atoms with Crippen molar-refractivity contribution in [2.75, 3.05) is 17.2 Å². The van der Waals surface area contributed by atoms with Gasteiger partial charge in [0.05, 0.1) is 30.0 Å². The maximum atomic E-state index is 12.6. The van der Waals surface area contributed by atoms with Crippen molar-refractivity contribution in [1.82, 2.24) is 0 Å². The number of amides is 2. The molecule has 0 atom stereocenters. The van der Waals surface area contributed by atoms with Gasteiger partial charge in [-0.1, -0.05) is 18.2 Å². The van der Waals surface area contributed by atoms with Crippen molar-refractivity contribution in [2.24, 2.45) is 0 Å². The Morgan fingerprint density at radius 3 is 2.14 bits per heavy atom. The smallest absolute Gasteiger partial charge is 0.338 e. The number of hydrogen-bond donors (Lipinski definition) is 2. The van der Waals surface area contributed by atoms with Crippen LogP contribution in [0, 0.1) is 0 Å². The fourth-order valence-corrected chi connectivity index (χ4v) is 3.34. The van der Waals surface area contributed by atoms with Crippen LogP contribution in [-0.4, -0.2) is 24.4 Å². The van der Waals surface area contributed by atoms with Crippen molar-refractivity contribution in [3.8, 4) is 0 Å². The normalized spacial score (nSPS) is 10.2. The number of benzene rings is 2. The Kier molecular flexibility index (Phi) is 6.76. The summed E-state index contributed by atoms with van der Waals surface area (Å²) in [5.41, 5.74) is 1.78. The van der Waals surface area contributed by atoms with E-state index in [9.17, 15) is 14.4 Å². The predicted molar refractivity (Wildman–Crippen MR) is 113 cm³/mol. The first-order valence-electron chi connectivity index (χ1n) is 9.06. The first kappa shape index (κ1) is 20.3. The van der Waals surface area contributed by atoms with Crippen LogP contribution >= 0.6 is 11.3 Å². The zero-order chi connectivity index (χ0) is 20.6. The van der Waals surface area contributed by atoms with Crippen LogP contribution in [0.3, 0.4) is 0 Å².